The highest BCUT2D eigenvalue weighted by atomic mass is 16.4. The van der Waals surface area contributed by atoms with Crippen LogP contribution >= 0.6 is 0 Å². The van der Waals surface area contributed by atoms with Crippen LogP contribution in [0.4, 0.5) is 0 Å². The standard InChI is InChI=1S/C14H22N6O7/c15-7(22)2-1-5(18-11(24)10(23)8(16)14(25)26)12-19-20-13(27-12)9-6(21)3-4-17-9/h5-6,8-10,17,21,23H,1-4,16H2,(H2,15,22)(H,18,24)(H,25,26)/t5-,6-,8-,9-,10?/m0/s1. The lowest BCUT2D eigenvalue weighted by Crippen LogP contribution is -2.51. The molecular formula is C14H22N6O7. The van der Waals surface area contributed by atoms with Crippen LogP contribution in [0.5, 0.6) is 0 Å². The van der Waals surface area contributed by atoms with Gasteiger partial charge >= 0.3 is 5.97 Å². The van der Waals surface area contributed by atoms with Crippen molar-refractivity contribution < 1.29 is 34.1 Å². The van der Waals surface area contributed by atoms with Gasteiger partial charge in [-0.1, -0.05) is 0 Å². The van der Waals surface area contributed by atoms with Crippen LogP contribution in [0.1, 0.15) is 43.1 Å². The van der Waals surface area contributed by atoms with Gasteiger partial charge in [0.2, 0.25) is 17.7 Å². The van der Waals surface area contributed by atoms with Crippen LogP contribution in [-0.4, -0.2) is 68.1 Å². The third-order valence-electron chi connectivity index (χ3n) is 4.10. The number of carboxylic acids is 1. The fourth-order valence-electron chi connectivity index (χ4n) is 2.55. The Kier molecular flexibility index (Phi) is 6.79. The lowest BCUT2D eigenvalue weighted by Gasteiger charge is -2.19. The summed E-state index contributed by atoms with van der Waals surface area (Å²) in [5, 5.41) is 41.3. The Balaban J connectivity index is 2.14. The first kappa shape index (κ1) is 20.7. The third kappa shape index (κ3) is 5.19. The summed E-state index contributed by atoms with van der Waals surface area (Å²) in [4.78, 5) is 33.9. The molecule has 27 heavy (non-hydrogen) atoms. The maximum absolute atomic E-state index is 12.1. The molecule has 13 heteroatoms. The van der Waals surface area contributed by atoms with Crippen molar-refractivity contribution in [3.05, 3.63) is 11.8 Å². The predicted molar refractivity (Wildman–Crippen MR) is 86.6 cm³/mol. The average molecular weight is 386 g/mol. The number of carboxylic acid groups (broad SMARTS) is 1. The number of aliphatic hydroxyl groups excluding tert-OH is 2. The van der Waals surface area contributed by atoms with Gasteiger partial charge in [-0.2, -0.15) is 0 Å². The Morgan fingerprint density at radius 3 is 2.63 bits per heavy atom. The van der Waals surface area contributed by atoms with Crippen LogP contribution in [0.15, 0.2) is 4.42 Å². The van der Waals surface area contributed by atoms with Crippen molar-refractivity contribution in [1.29, 1.82) is 0 Å². The second-order valence-electron chi connectivity index (χ2n) is 6.14. The minimum atomic E-state index is -2.03. The molecule has 9 N–H and O–H groups in total. The Bertz CT molecular complexity index is 695. The normalized spacial score (nSPS) is 22.8. The van der Waals surface area contributed by atoms with Gasteiger partial charge in [-0.15, -0.1) is 10.2 Å². The number of primary amides is 1. The van der Waals surface area contributed by atoms with Crippen molar-refractivity contribution in [2.45, 2.75) is 49.6 Å². The van der Waals surface area contributed by atoms with E-state index in [1.165, 1.54) is 0 Å². The molecule has 150 valence electrons. The second-order valence-corrected chi connectivity index (χ2v) is 6.14. The van der Waals surface area contributed by atoms with Crippen molar-refractivity contribution in [3.63, 3.8) is 0 Å². The smallest absolute Gasteiger partial charge is 0.323 e. The molecule has 0 bridgehead atoms. The van der Waals surface area contributed by atoms with Gasteiger partial charge in [0.15, 0.2) is 6.10 Å². The quantitative estimate of drug-likeness (QED) is 0.222. The molecule has 5 atom stereocenters. The number of nitrogens with two attached hydrogens (primary N) is 2. The average Bonchev–Trinajstić information content (AvgIpc) is 3.25. The molecule has 1 saturated heterocycles. The van der Waals surface area contributed by atoms with Crippen LogP contribution in [0.25, 0.3) is 0 Å². The van der Waals surface area contributed by atoms with Crippen molar-refractivity contribution in [2.24, 2.45) is 11.5 Å². The molecule has 1 aromatic heterocycles. The van der Waals surface area contributed by atoms with Crippen LogP contribution in [0, 0.1) is 0 Å². The van der Waals surface area contributed by atoms with Gasteiger partial charge in [0.25, 0.3) is 5.91 Å². The Morgan fingerprint density at radius 1 is 1.37 bits per heavy atom. The SMILES string of the molecule is NC(=O)CC[C@H](NC(=O)C(O)[C@H](N)C(=O)O)c1nnc([C@H]2NCC[C@@H]2O)o1. The van der Waals surface area contributed by atoms with Gasteiger partial charge in [-0.05, 0) is 19.4 Å². The van der Waals surface area contributed by atoms with E-state index in [1.54, 1.807) is 0 Å². The molecule has 1 aliphatic rings. The van der Waals surface area contributed by atoms with Crippen molar-refractivity contribution >= 4 is 17.8 Å². The fraction of sp³-hybridized carbons (Fsp3) is 0.643. The third-order valence-corrected chi connectivity index (χ3v) is 4.10. The lowest BCUT2D eigenvalue weighted by molar-refractivity contribution is -0.146. The zero-order valence-corrected chi connectivity index (χ0v) is 14.2. The van der Waals surface area contributed by atoms with E-state index in [-0.39, 0.29) is 24.6 Å². The number of rotatable bonds is 9. The van der Waals surface area contributed by atoms with E-state index in [2.05, 4.69) is 20.8 Å². The molecule has 1 fully saturated rings. The van der Waals surface area contributed by atoms with Crippen LogP contribution in [0.2, 0.25) is 0 Å². The first-order valence-corrected chi connectivity index (χ1v) is 8.20. The van der Waals surface area contributed by atoms with E-state index in [0.717, 1.165) is 0 Å². The highest BCUT2D eigenvalue weighted by molar-refractivity contribution is 5.88. The van der Waals surface area contributed by atoms with E-state index >= 15 is 0 Å². The van der Waals surface area contributed by atoms with Gasteiger partial charge in [-0.25, -0.2) is 0 Å². The Morgan fingerprint density at radius 2 is 2.07 bits per heavy atom. The Labute approximate surface area is 153 Å². The predicted octanol–water partition coefficient (Wildman–Crippen LogP) is -3.34. The first-order valence-electron chi connectivity index (χ1n) is 8.20. The number of carbonyl (C=O) groups is 3. The number of amides is 2. The Hall–Kier alpha value is -2.61. The molecular weight excluding hydrogens is 364 g/mol. The first-order chi connectivity index (χ1) is 12.7. The number of carbonyl (C=O) groups excluding carboxylic acids is 2. The van der Waals surface area contributed by atoms with E-state index in [9.17, 15) is 24.6 Å². The summed E-state index contributed by atoms with van der Waals surface area (Å²) < 4.78 is 5.48. The summed E-state index contributed by atoms with van der Waals surface area (Å²) in [6.45, 7) is 0.560. The molecule has 0 aromatic carbocycles. The largest absolute Gasteiger partial charge is 0.480 e. The number of hydrogen-bond donors (Lipinski definition) is 7. The highest BCUT2D eigenvalue weighted by Crippen LogP contribution is 2.25. The number of nitrogens with one attached hydrogen (secondary N) is 2. The lowest BCUT2D eigenvalue weighted by atomic mass is 10.1. The van der Waals surface area contributed by atoms with E-state index in [4.69, 9.17) is 21.0 Å². The number of hydrogen-bond acceptors (Lipinski definition) is 10. The van der Waals surface area contributed by atoms with Gasteiger partial charge < -0.3 is 41.8 Å². The topological polar surface area (TPSA) is 227 Å². The zero-order chi connectivity index (χ0) is 20.1. The van der Waals surface area contributed by atoms with Crippen LogP contribution < -0.4 is 22.1 Å². The molecule has 0 aliphatic carbocycles. The van der Waals surface area contributed by atoms with E-state index < -0.39 is 48.1 Å². The minimum Gasteiger partial charge on any atom is -0.480 e. The summed E-state index contributed by atoms with van der Waals surface area (Å²) in [5.41, 5.74) is 10.3. The number of nitrogens with zero attached hydrogens (tertiary/aromatic N) is 2. The summed E-state index contributed by atoms with van der Waals surface area (Å²) in [6, 6.07) is -3.41. The van der Waals surface area contributed by atoms with Gasteiger partial charge in [0.1, 0.15) is 18.1 Å². The molecule has 0 saturated carbocycles. The summed E-state index contributed by atoms with van der Waals surface area (Å²) >= 11 is 0. The molecule has 2 amide bonds. The van der Waals surface area contributed by atoms with E-state index in [1.807, 2.05) is 0 Å². The maximum atomic E-state index is 12.1. The molecule has 1 aliphatic heterocycles. The molecule has 1 unspecified atom stereocenters. The molecule has 13 nitrogen and oxygen atoms in total. The van der Waals surface area contributed by atoms with Gasteiger partial charge in [-0.3, -0.25) is 14.4 Å². The van der Waals surface area contributed by atoms with Gasteiger partial charge in [0, 0.05) is 6.42 Å². The maximum Gasteiger partial charge on any atom is 0.323 e. The molecule has 1 aromatic rings. The molecule has 0 radical (unpaired) electrons. The van der Waals surface area contributed by atoms with Crippen LogP contribution in [-0.2, 0) is 14.4 Å². The molecule has 2 rings (SSSR count). The van der Waals surface area contributed by atoms with Crippen molar-refractivity contribution in [3.8, 4) is 0 Å². The van der Waals surface area contributed by atoms with Crippen LogP contribution in [0.3, 0.4) is 0 Å². The zero-order valence-electron chi connectivity index (χ0n) is 14.2. The highest BCUT2D eigenvalue weighted by Gasteiger charge is 2.34. The summed E-state index contributed by atoms with van der Waals surface area (Å²) in [6.07, 6.45) is -2.41. The molecule has 2 heterocycles. The fourth-order valence-corrected chi connectivity index (χ4v) is 2.55. The van der Waals surface area contributed by atoms with E-state index in [0.29, 0.717) is 13.0 Å². The second kappa shape index (κ2) is 8.85. The number of aromatic nitrogens is 2. The minimum absolute atomic E-state index is 0.0294. The monoisotopic (exact) mass is 386 g/mol. The molecule has 0 spiro atoms. The number of aliphatic hydroxyl groups is 2. The number of aliphatic carboxylic acids is 1. The van der Waals surface area contributed by atoms with Gasteiger partial charge in [0.05, 0.1) is 6.10 Å². The summed E-state index contributed by atoms with van der Waals surface area (Å²) in [5.74, 6) is -3.29. The van der Waals surface area contributed by atoms with Crippen molar-refractivity contribution in [2.75, 3.05) is 6.54 Å². The van der Waals surface area contributed by atoms with Crippen molar-refractivity contribution in [1.82, 2.24) is 20.8 Å². The summed E-state index contributed by atoms with van der Waals surface area (Å²) in [7, 11) is 0.